The molecule has 0 aliphatic carbocycles. The third-order valence-corrected chi connectivity index (χ3v) is 3.22. The third kappa shape index (κ3) is 1.29. The zero-order valence-electron chi connectivity index (χ0n) is 9.75. The fraction of sp³-hybridized carbons (Fsp3) is 0.273. The molecular formula is C11H9F3N4O. The molecule has 1 amide bonds. The predicted octanol–water partition coefficient (Wildman–Crippen LogP) is 1.42. The summed E-state index contributed by atoms with van der Waals surface area (Å²) in [5.41, 5.74) is -2.19. The highest BCUT2D eigenvalue weighted by Crippen LogP contribution is 2.43. The number of nitrogens with one attached hydrogen (secondary N) is 2. The summed E-state index contributed by atoms with van der Waals surface area (Å²) in [5, 5.41) is 4.25. The summed E-state index contributed by atoms with van der Waals surface area (Å²) in [6.07, 6.45) is -4.79. The minimum absolute atomic E-state index is 0.113. The van der Waals surface area contributed by atoms with E-state index in [1.54, 1.807) is 18.2 Å². The van der Waals surface area contributed by atoms with Gasteiger partial charge in [-0.3, -0.25) is 20.0 Å². The average Bonchev–Trinajstić information content (AvgIpc) is 2.80. The highest BCUT2D eigenvalue weighted by atomic mass is 19.4. The summed E-state index contributed by atoms with van der Waals surface area (Å²) in [6.45, 7) is 0. The first-order chi connectivity index (χ1) is 8.91. The zero-order valence-corrected chi connectivity index (χ0v) is 9.75. The van der Waals surface area contributed by atoms with Gasteiger partial charge in [0.25, 0.3) is 11.6 Å². The number of hydrogen-bond acceptors (Lipinski definition) is 3. The minimum Gasteiger partial charge on any atom is -0.292 e. The summed E-state index contributed by atoms with van der Waals surface area (Å²) in [6, 6.07) is 6.34. The van der Waals surface area contributed by atoms with Crippen LogP contribution in [0.1, 0.15) is 0 Å². The molecular weight excluding hydrogens is 261 g/mol. The average molecular weight is 270 g/mol. The van der Waals surface area contributed by atoms with Crippen molar-refractivity contribution in [3.63, 3.8) is 0 Å². The van der Waals surface area contributed by atoms with Gasteiger partial charge in [-0.2, -0.15) is 13.2 Å². The summed E-state index contributed by atoms with van der Waals surface area (Å²) in [4.78, 5) is 15.8. The van der Waals surface area contributed by atoms with Crippen LogP contribution in [0, 0.1) is 0 Å². The standard InChI is InChI=1S/C11H9F3N4O/c1-15-10(11(12,13)14)8(19)17-9-16-6-4-2-3-5-7(6)18(9)10/h2-5,15H,1H3,(H,16,17,19). The Morgan fingerprint density at radius 3 is 2.68 bits per heavy atom. The first-order valence-electron chi connectivity index (χ1n) is 5.47. The van der Waals surface area contributed by atoms with Crippen molar-refractivity contribution in [2.24, 2.45) is 0 Å². The second kappa shape index (κ2) is 3.47. The molecule has 1 aliphatic rings. The van der Waals surface area contributed by atoms with E-state index in [1.807, 2.05) is 0 Å². The Kier molecular flexibility index (Phi) is 2.19. The van der Waals surface area contributed by atoms with Crippen molar-refractivity contribution >= 4 is 22.9 Å². The lowest BCUT2D eigenvalue weighted by Gasteiger charge is -2.30. The second-order valence-corrected chi connectivity index (χ2v) is 4.17. The van der Waals surface area contributed by atoms with Crippen molar-refractivity contribution in [3.8, 4) is 0 Å². The number of alkyl halides is 3. The number of hydrogen-bond donors (Lipinski definition) is 2. The minimum atomic E-state index is -4.79. The molecule has 0 bridgehead atoms. The maximum atomic E-state index is 13.4. The number of anilines is 1. The highest BCUT2D eigenvalue weighted by molar-refractivity contribution is 6.03. The normalized spacial score (nSPS) is 22.6. The molecule has 19 heavy (non-hydrogen) atoms. The topological polar surface area (TPSA) is 59.0 Å². The summed E-state index contributed by atoms with van der Waals surface area (Å²) in [7, 11) is 1.09. The number of fused-ring (bicyclic) bond motifs is 3. The van der Waals surface area contributed by atoms with Gasteiger partial charge in [-0.25, -0.2) is 4.98 Å². The molecule has 8 heteroatoms. The Bertz CT molecular complexity index is 678. The molecule has 1 atom stereocenters. The van der Waals surface area contributed by atoms with Crippen LogP contribution in [0.25, 0.3) is 11.0 Å². The number of para-hydroxylation sites is 2. The largest absolute Gasteiger partial charge is 0.435 e. The predicted molar refractivity (Wildman–Crippen MR) is 61.5 cm³/mol. The van der Waals surface area contributed by atoms with Gasteiger partial charge in [-0.15, -0.1) is 0 Å². The second-order valence-electron chi connectivity index (χ2n) is 4.17. The Balaban J connectivity index is 2.39. The number of imidazole rings is 1. The number of carbonyl (C=O) groups excluding carboxylic acids is 1. The Labute approximate surface area is 105 Å². The molecule has 2 aromatic rings. The molecule has 0 fully saturated rings. The lowest BCUT2D eigenvalue weighted by atomic mass is 10.1. The van der Waals surface area contributed by atoms with E-state index >= 15 is 0 Å². The number of likely N-dealkylation sites (N-methyl/N-ethyl adjacent to an activating group) is 1. The molecule has 1 aromatic carbocycles. The Morgan fingerprint density at radius 1 is 1.37 bits per heavy atom. The van der Waals surface area contributed by atoms with Gasteiger partial charge in [-0.05, 0) is 19.2 Å². The van der Waals surface area contributed by atoms with Crippen LogP contribution in [0.2, 0.25) is 0 Å². The smallest absolute Gasteiger partial charge is 0.292 e. The van der Waals surface area contributed by atoms with Gasteiger partial charge in [0.2, 0.25) is 5.95 Å². The van der Waals surface area contributed by atoms with Crippen LogP contribution >= 0.6 is 0 Å². The zero-order chi connectivity index (χ0) is 13.8. The van der Waals surface area contributed by atoms with Crippen molar-refractivity contribution < 1.29 is 18.0 Å². The number of benzene rings is 1. The van der Waals surface area contributed by atoms with Crippen LogP contribution < -0.4 is 10.6 Å². The molecule has 0 saturated heterocycles. The van der Waals surface area contributed by atoms with Gasteiger partial charge in [-0.1, -0.05) is 12.1 Å². The summed E-state index contributed by atoms with van der Waals surface area (Å²) >= 11 is 0. The van der Waals surface area contributed by atoms with Crippen LogP contribution in [0.4, 0.5) is 19.1 Å². The van der Waals surface area contributed by atoms with E-state index in [0.29, 0.717) is 5.52 Å². The first-order valence-corrected chi connectivity index (χ1v) is 5.47. The molecule has 2 N–H and O–H groups in total. The monoisotopic (exact) mass is 270 g/mol. The fourth-order valence-corrected chi connectivity index (χ4v) is 2.37. The van der Waals surface area contributed by atoms with Gasteiger partial charge in [0.05, 0.1) is 11.0 Å². The molecule has 0 saturated carbocycles. The van der Waals surface area contributed by atoms with Crippen LogP contribution in [-0.2, 0) is 10.5 Å². The SMILES string of the molecule is CNC1(C(F)(F)F)C(=O)Nc2nc3ccccc3n21. The highest BCUT2D eigenvalue weighted by Gasteiger charge is 2.65. The van der Waals surface area contributed by atoms with Crippen LogP contribution in [-0.4, -0.2) is 28.7 Å². The first kappa shape index (κ1) is 12.0. The maximum absolute atomic E-state index is 13.4. The van der Waals surface area contributed by atoms with Crippen molar-refractivity contribution in [1.82, 2.24) is 14.9 Å². The molecule has 100 valence electrons. The summed E-state index contributed by atoms with van der Waals surface area (Å²) in [5.74, 6) is -1.30. The van der Waals surface area contributed by atoms with E-state index in [-0.39, 0.29) is 11.5 Å². The van der Waals surface area contributed by atoms with Crippen molar-refractivity contribution in [2.45, 2.75) is 11.8 Å². The van der Waals surface area contributed by atoms with E-state index in [2.05, 4.69) is 15.6 Å². The molecule has 1 aliphatic heterocycles. The van der Waals surface area contributed by atoms with E-state index in [1.165, 1.54) is 6.07 Å². The number of rotatable bonds is 1. The lowest BCUT2D eigenvalue weighted by Crippen LogP contribution is -2.60. The van der Waals surface area contributed by atoms with Crippen LogP contribution in [0.5, 0.6) is 0 Å². The molecule has 0 radical (unpaired) electrons. The van der Waals surface area contributed by atoms with E-state index in [9.17, 15) is 18.0 Å². The fourth-order valence-electron chi connectivity index (χ4n) is 2.37. The van der Waals surface area contributed by atoms with Crippen molar-refractivity contribution in [3.05, 3.63) is 24.3 Å². The molecule has 1 unspecified atom stereocenters. The number of aromatic nitrogens is 2. The molecule has 1 aromatic heterocycles. The Hall–Kier alpha value is -2.09. The van der Waals surface area contributed by atoms with Gasteiger partial charge < -0.3 is 0 Å². The number of amides is 1. The lowest BCUT2D eigenvalue weighted by molar-refractivity contribution is -0.215. The van der Waals surface area contributed by atoms with E-state index in [4.69, 9.17) is 0 Å². The van der Waals surface area contributed by atoms with Gasteiger partial charge >= 0.3 is 6.18 Å². The van der Waals surface area contributed by atoms with Gasteiger partial charge in [0.15, 0.2) is 0 Å². The summed E-state index contributed by atoms with van der Waals surface area (Å²) < 4.78 is 41.0. The van der Waals surface area contributed by atoms with E-state index in [0.717, 1.165) is 11.6 Å². The van der Waals surface area contributed by atoms with Crippen molar-refractivity contribution in [1.29, 1.82) is 0 Å². The quantitative estimate of drug-likeness (QED) is 0.824. The molecule has 2 heterocycles. The van der Waals surface area contributed by atoms with Gasteiger partial charge in [0, 0.05) is 0 Å². The van der Waals surface area contributed by atoms with Crippen LogP contribution in [0.3, 0.4) is 0 Å². The number of carbonyl (C=O) groups is 1. The van der Waals surface area contributed by atoms with E-state index < -0.39 is 17.7 Å². The number of halogens is 3. The van der Waals surface area contributed by atoms with Gasteiger partial charge in [0.1, 0.15) is 0 Å². The van der Waals surface area contributed by atoms with Crippen molar-refractivity contribution in [2.75, 3.05) is 12.4 Å². The number of nitrogens with zero attached hydrogens (tertiary/aromatic N) is 2. The third-order valence-electron chi connectivity index (χ3n) is 3.22. The van der Waals surface area contributed by atoms with Crippen LogP contribution in [0.15, 0.2) is 24.3 Å². The molecule has 3 rings (SSSR count). The molecule has 5 nitrogen and oxygen atoms in total. The Morgan fingerprint density at radius 2 is 2.05 bits per heavy atom. The molecule has 0 spiro atoms. The maximum Gasteiger partial charge on any atom is 0.435 e.